The zero-order valence-electron chi connectivity index (χ0n) is 23.9. The quantitative estimate of drug-likeness (QED) is 0.337. The number of ether oxygens (including phenoxy) is 1. The van der Waals surface area contributed by atoms with Gasteiger partial charge in [-0.15, -0.1) is 0 Å². The number of nitrogens with one attached hydrogen (secondary N) is 1. The minimum atomic E-state index is -0.323. The molecule has 6 rings (SSSR count). The third-order valence-corrected chi connectivity index (χ3v) is 8.13. The molecule has 0 saturated carbocycles. The van der Waals surface area contributed by atoms with Gasteiger partial charge in [0.2, 0.25) is 11.7 Å². The van der Waals surface area contributed by atoms with Crippen molar-refractivity contribution >= 4 is 17.4 Å². The highest BCUT2D eigenvalue weighted by Crippen LogP contribution is 2.33. The smallest absolute Gasteiger partial charge is 0.259 e. The molecule has 9 nitrogen and oxygen atoms in total. The number of hydrogen-bond donors (Lipinski definition) is 1. The number of hydrazone groups is 1. The number of nitrogens with zero attached hydrogens (tertiary/aromatic N) is 5. The number of aryl methyl sites for hydroxylation is 1. The summed E-state index contributed by atoms with van der Waals surface area (Å²) >= 11 is 0. The molecule has 2 aromatic heterocycles. The molecule has 0 radical (unpaired) electrons. The van der Waals surface area contributed by atoms with E-state index in [1.54, 1.807) is 6.33 Å². The monoisotopic (exact) mass is 552 g/mol. The van der Waals surface area contributed by atoms with E-state index in [1.807, 2.05) is 27.3 Å². The van der Waals surface area contributed by atoms with Crippen molar-refractivity contribution in [2.45, 2.75) is 77.4 Å². The summed E-state index contributed by atoms with van der Waals surface area (Å²) in [5, 5.41) is 8.94. The lowest BCUT2D eigenvalue weighted by Crippen LogP contribution is -2.40. The van der Waals surface area contributed by atoms with E-state index in [-0.39, 0.29) is 29.5 Å². The first kappa shape index (κ1) is 27.1. The van der Waals surface area contributed by atoms with Crippen LogP contribution in [0.3, 0.4) is 0 Å². The first-order valence-corrected chi connectivity index (χ1v) is 14.5. The molecule has 2 aliphatic heterocycles. The minimum Gasteiger partial charge on any atom is -0.375 e. The van der Waals surface area contributed by atoms with Gasteiger partial charge in [-0.25, -0.2) is 9.94 Å². The Morgan fingerprint density at radius 1 is 1.10 bits per heavy atom. The highest BCUT2D eigenvalue weighted by molar-refractivity contribution is 6.16. The summed E-state index contributed by atoms with van der Waals surface area (Å²) in [6, 6.07) is 16.3. The Morgan fingerprint density at radius 2 is 1.93 bits per heavy atom. The number of amides is 1. The molecule has 9 heteroatoms. The lowest BCUT2D eigenvalue weighted by atomic mass is 9.91. The molecule has 0 bridgehead atoms. The molecule has 1 saturated heterocycles. The van der Waals surface area contributed by atoms with Crippen LogP contribution in [0, 0.1) is 0 Å². The Bertz CT molecular complexity index is 1690. The van der Waals surface area contributed by atoms with Gasteiger partial charge < -0.3 is 4.74 Å². The Morgan fingerprint density at radius 3 is 2.66 bits per heavy atom. The lowest BCUT2D eigenvalue weighted by Gasteiger charge is -2.36. The van der Waals surface area contributed by atoms with Gasteiger partial charge in [0.1, 0.15) is 6.33 Å². The van der Waals surface area contributed by atoms with Crippen molar-refractivity contribution in [2.24, 2.45) is 5.10 Å². The number of carbonyl (C=O) groups excluding carboxylic acids is 1. The second kappa shape index (κ2) is 11.0. The summed E-state index contributed by atoms with van der Waals surface area (Å²) in [5.41, 5.74) is 8.55. The standard InChI is InChI=1S/C32H36N6O3/c1-4-5-11-28-26(30(40)37(31-33-20-34-38(28)31)23-14-15-41-32(2,3)19-23)17-21-12-13-24(22-9-7-6-8-10-22)25(16-21)27-18-29(39)36-35-27/h6-10,12-13,16,20,23H,4-5,11,14-15,17-19H2,1-3H3,(H,36,39). The van der Waals surface area contributed by atoms with E-state index in [9.17, 15) is 9.59 Å². The zero-order chi connectivity index (χ0) is 28.6. The van der Waals surface area contributed by atoms with Gasteiger partial charge in [0.15, 0.2) is 0 Å². The molecule has 1 unspecified atom stereocenters. The predicted octanol–water partition coefficient (Wildman–Crippen LogP) is 4.85. The fourth-order valence-corrected chi connectivity index (χ4v) is 6.14. The molecule has 4 heterocycles. The Kier molecular flexibility index (Phi) is 7.30. The summed E-state index contributed by atoms with van der Waals surface area (Å²) in [5.74, 6) is 0.475. The highest BCUT2D eigenvalue weighted by atomic mass is 16.5. The van der Waals surface area contributed by atoms with Crippen LogP contribution < -0.4 is 11.0 Å². The second-order valence-corrected chi connectivity index (χ2v) is 11.6. The van der Waals surface area contributed by atoms with E-state index in [1.165, 1.54) is 0 Å². The van der Waals surface area contributed by atoms with Crippen LogP contribution in [0.5, 0.6) is 0 Å². The molecule has 1 fully saturated rings. The average molecular weight is 553 g/mol. The van der Waals surface area contributed by atoms with E-state index >= 15 is 0 Å². The van der Waals surface area contributed by atoms with Crippen molar-refractivity contribution in [3.8, 4) is 11.1 Å². The second-order valence-electron chi connectivity index (χ2n) is 11.6. The molecule has 1 N–H and O–H groups in total. The SMILES string of the molecule is CCCCc1c(Cc2ccc(-c3ccccc3)c(C3=NNC(=O)C3)c2)c(=O)n(C2CCOC(C)(C)C2)c2ncnn12. The molecule has 41 heavy (non-hydrogen) atoms. The maximum Gasteiger partial charge on any atom is 0.259 e. The summed E-state index contributed by atoms with van der Waals surface area (Å²) in [7, 11) is 0. The van der Waals surface area contributed by atoms with Crippen LogP contribution in [0.2, 0.25) is 0 Å². The first-order valence-electron chi connectivity index (χ1n) is 14.5. The Hall–Kier alpha value is -4.11. The van der Waals surface area contributed by atoms with Crippen molar-refractivity contribution in [3.05, 3.63) is 87.6 Å². The zero-order valence-corrected chi connectivity index (χ0v) is 23.9. The van der Waals surface area contributed by atoms with E-state index in [0.29, 0.717) is 24.5 Å². The van der Waals surface area contributed by atoms with Crippen molar-refractivity contribution in [1.82, 2.24) is 24.6 Å². The van der Waals surface area contributed by atoms with Gasteiger partial charge in [0, 0.05) is 30.2 Å². The molecular weight excluding hydrogens is 516 g/mol. The molecule has 0 spiro atoms. The van der Waals surface area contributed by atoms with Crippen LogP contribution in [-0.4, -0.2) is 43.0 Å². The van der Waals surface area contributed by atoms with Gasteiger partial charge in [0.25, 0.3) is 5.56 Å². The van der Waals surface area contributed by atoms with Gasteiger partial charge in [-0.2, -0.15) is 15.2 Å². The fraction of sp³-hybridized carbons (Fsp3) is 0.406. The summed E-state index contributed by atoms with van der Waals surface area (Å²) in [6.07, 6.45) is 6.36. The van der Waals surface area contributed by atoms with Gasteiger partial charge in [-0.05, 0) is 62.3 Å². The van der Waals surface area contributed by atoms with Crippen molar-refractivity contribution in [3.63, 3.8) is 0 Å². The summed E-state index contributed by atoms with van der Waals surface area (Å²) in [4.78, 5) is 31.1. The molecule has 2 aromatic carbocycles. The van der Waals surface area contributed by atoms with Gasteiger partial charge in [0.05, 0.1) is 23.4 Å². The van der Waals surface area contributed by atoms with E-state index in [4.69, 9.17) is 4.74 Å². The number of fused-ring (bicyclic) bond motifs is 1. The van der Waals surface area contributed by atoms with Gasteiger partial charge in [-0.1, -0.05) is 55.8 Å². The number of benzene rings is 2. The first-order chi connectivity index (χ1) is 19.8. The number of hydrogen-bond acceptors (Lipinski definition) is 6. The van der Waals surface area contributed by atoms with E-state index < -0.39 is 0 Å². The van der Waals surface area contributed by atoms with Crippen LogP contribution in [0.1, 0.15) is 81.3 Å². The van der Waals surface area contributed by atoms with Crippen molar-refractivity contribution in [1.29, 1.82) is 0 Å². The van der Waals surface area contributed by atoms with Crippen LogP contribution in [-0.2, 0) is 22.4 Å². The molecule has 212 valence electrons. The van der Waals surface area contributed by atoms with Crippen LogP contribution in [0.4, 0.5) is 0 Å². The third kappa shape index (κ3) is 5.34. The van der Waals surface area contributed by atoms with Gasteiger partial charge >= 0.3 is 0 Å². The number of carbonyl (C=O) groups is 1. The maximum atomic E-state index is 14.4. The largest absolute Gasteiger partial charge is 0.375 e. The third-order valence-electron chi connectivity index (χ3n) is 8.13. The van der Waals surface area contributed by atoms with Crippen LogP contribution in [0.25, 0.3) is 16.9 Å². The number of rotatable bonds is 8. The van der Waals surface area contributed by atoms with Gasteiger partial charge in [-0.3, -0.25) is 14.2 Å². The van der Waals surface area contributed by atoms with Crippen molar-refractivity contribution in [2.75, 3.05) is 6.61 Å². The maximum absolute atomic E-state index is 14.4. The normalized spacial score (nSPS) is 18.5. The van der Waals surface area contributed by atoms with Crippen molar-refractivity contribution < 1.29 is 9.53 Å². The number of unbranched alkanes of at least 4 members (excludes halogenated alkanes) is 1. The molecule has 0 aliphatic carbocycles. The Balaban J connectivity index is 1.49. The lowest BCUT2D eigenvalue weighted by molar-refractivity contribution is -0.119. The molecular formula is C32H36N6O3. The molecule has 1 atom stereocenters. The number of aromatic nitrogens is 4. The molecule has 2 aliphatic rings. The fourth-order valence-electron chi connectivity index (χ4n) is 6.14. The van der Waals surface area contributed by atoms with E-state index in [2.05, 4.69) is 71.7 Å². The molecule has 4 aromatic rings. The summed E-state index contributed by atoms with van der Waals surface area (Å²) < 4.78 is 9.70. The van der Waals surface area contributed by atoms with E-state index in [0.717, 1.165) is 65.6 Å². The Labute approximate surface area is 239 Å². The topological polar surface area (TPSA) is 103 Å². The minimum absolute atomic E-state index is 0.0111. The average Bonchev–Trinajstić information content (AvgIpc) is 3.62. The predicted molar refractivity (Wildman–Crippen MR) is 158 cm³/mol. The van der Waals surface area contributed by atoms with Crippen LogP contribution >= 0.6 is 0 Å². The molecule has 1 amide bonds. The van der Waals surface area contributed by atoms with Crippen LogP contribution in [0.15, 0.2) is 64.8 Å². The highest BCUT2D eigenvalue weighted by Gasteiger charge is 2.33. The summed E-state index contributed by atoms with van der Waals surface area (Å²) in [6.45, 7) is 6.89.